The highest BCUT2D eigenvalue weighted by atomic mass is 32.1. The van der Waals surface area contributed by atoms with Crippen LogP contribution in [0, 0.1) is 5.92 Å². The summed E-state index contributed by atoms with van der Waals surface area (Å²) in [4.78, 5) is 16.1. The van der Waals surface area contributed by atoms with Crippen LogP contribution in [-0.4, -0.2) is 16.6 Å². The minimum Gasteiger partial charge on any atom is -0.267 e. The molecule has 3 heterocycles. The van der Waals surface area contributed by atoms with Gasteiger partial charge in [0.1, 0.15) is 0 Å². The molecule has 1 fully saturated rings. The zero-order chi connectivity index (χ0) is 22.3. The van der Waals surface area contributed by atoms with Crippen molar-refractivity contribution in [2.24, 2.45) is 11.0 Å². The van der Waals surface area contributed by atoms with Crippen molar-refractivity contribution in [3.8, 4) is 0 Å². The van der Waals surface area contributed by atoms with Gasteiger partial charge in [-0.05, 0) is 76.9 Å². The van der Waals surface area contributed by atoms with E-state index in [1.807, 2.05) is 12.1 Å². The first-order chi connectivity index (χ1) is 15.4. The molecule has 32 heavy (non-hydrogen) atoms. The third-order valence-corrected chi connectivity index (χ3v) is 8.16. The van der Waals surface area contributed by atoms with Gasteiger partial charge in [-0.1, -0.05) is 45.0 Å². The van der Waals surface area contributed by atoms with Gasteiger partial charge in [-0.15, -0.1) is 22.7 Å². The summed E-state index contributed by atoms with van der Waals surface area (Å²) in [7, 11) is 0. The molecule has 3 nitrogen and oxygen atoms in total. The Bertz CT molecular complexity index is 1150. The Balaban J connectivity index is 1.53. The standard InChI is InChI=1S/C27H28N2OS2/c1-27(2,3)20-13-11-18(12-14-20)26(30)29-25(23-10-6-16-32-23)22-9-4-7-19(24(22)28-29)17-21-8-5-15-31-21/h5-6,8,10-17,22,25H,4,7,9H2,1-3H3/b19-17-/t22-,25+/m0/s1. The lowest BCUT2D eigenvalue weighted by atomic mass is 9.79. The van der Waals surface area contributed by atoms with Gasteiger partial charge in [0.2, 0.25) is 0 Å². The van der Waals surface area contributed by atoms with Crippen molar-refractivity contribution >= 4 is 40.4 Å². The van der Waals surface area contributed by atoms with Crippen LogP contribution < -0.4 is 0 Å². The van der Waals surface area contributed by atoms with E-state index in [1.165, 1.54) is 20.9 Å². The van der Waals surface area contributed by atoms with Gasteiger partial charge in [-0.2, -0.15) is 5.10 Å². The number of hydrogen-bond donors (Lipinski definition) is 0. The second-order valence-electron chi connectivity index (χ2n) is 9.61. The zero-order valence-electron chi connectivity index (χ0n) is 18.7. The molecule has 1 aliphatic heterocycles. The number of benzene rings is 1. The fourth-order valence-corrected chi connectivity index (χ4v) is 6.25. The summed E-state index contributed by atoms with van der Waals surface area (Å²) < 4.78 is 0. The molecule has 0 spiro atoms. The molecule has 2 atom stereocenters. The Hall–Kier alpha value is -2.50. The van der Waals surface area contributed by atoms with Crippen molar-refractivity contribution in [3.05, 3.63) is 85.7 Å². The number of thiophene rings is 2. The predicted octanol–water partition coefficient (Wildman–Crippen LogP) is 7.54. The maximum Gasteiger partial charge on any atom is 0.274 e. The van der Waals surface area contributed by atoms with E-state index >= 15 is 0 Å². The molecule has 0 unspecified atom stereocenters. The Morgan fingerprint density at radius 3 is 2.47 bits per heavy atom. The number of rotatable bonds is 3. The summed E-state index contributed by atoms with van der Waals surface area (Å²) in [5.41, 5.74) is 4.37. The normalized spacial score (nSPS) is 22.2. The second kappa shape index (κ2) is 8.45. The average molecular weight is 461 g/mol. The lowest BCUT2D eigenvalue weighted by Crippen LogP contribution is -2.31. The fraction of sp³-hybridized carbons (Fsp3) is 0.333. The first kappa shape index (κ1) is 21.4. The molecule has 164 valence electrons. The highest BCUT2D eigenvalue weighted by Gasteiger charge is 2.44. The van der Waals surface area contributed by atoms with E-state index in [-0.39, 0.29) is 23.3 Å². The van der Waals surface area contributed by atoms with Crippen LogP contribution >= 0.6 is 22.7 Å². The zero-order valence-corrected chi connectivity index (χ0v) is 20.4. The predicted molar refractivity (Wildman–Crippen MR) is 135 cm³/mol. The summed E-state index contributed by atoms with van der Waals surface area (Å²) in [5, 5.41) is 11.0. The van der Waals surface area contributed by atoms with E-state index in [0.717, 1.165) is 25.0 Å². The van der Waals surface area contributed by atoms with Gasteiger partial charge in [0.15, 0.2) is 0 Å². The van der Waals surface area contributed by atoms with Crippen molar-refractivity contribution in [1.82, 2.24) is 5.01 Å². The van der Waals surface area contributed by atoms with Crippen LogP contribution in [0.2, 0.25) is 0 Å². The van der Waals surface area contributed by atoms with Gasteiger partial charge in [-0.3, -0.25) is 4.79 Å². The van der Waals surface area contributed by atoms with E-state index in [9.17, 15) is 4.79 Å². The number of hydrazone groups is 1. The molecule has 1 amide bonds. The van der Waals surface area contributed by atoms with Crippen LogP contribution in [0.1, 0.15) is 71.8 Å². The quantitative estimate of drug-likeness (QED) is 0.397. The molecule has 1 saturated carbocycles. The highest BCUT2D eigenvalue weighted by Crippen LogP contribution is 2.46. The molecular formula is C27H28N2OS2. The monoisotopic (exact) mass is 460 g/mol. The van der Waals surface area contributed by atoms with Crippen molar-refractivity contribution in [1.29, 1.82) is 0 Å². The molecule has 5 rings (SSSR count). The molecule has 1 aromatic carbocycles. The van der Waals surface area contributed by atoms with E-state index in [0.29, 0.717) is 5.56 Å². The van der Waals surface area contributed by atoms with Crippen LogP contribution in [0.25, 0.3) is 6.08 Å². The van der Waals surface area contributed by atoms with E-state index in [1.54, 1.807) is 27.7 Å². The third kappa shape index (κ3) is 4.00. The first-order valence-electron chi connectivity index (χ1n) is 11.2. The van der Waals surface area contributed by atoms with Crippen molar-refractivity contribution in [3.63, 3.8) is 0 Å². The SMILES string of the molecule is CC(C)(C)c1ccc(C(=O)N2N=C3/C(=C\c4cccs4)CCC[C@@H]3[C@@H]2c2cccs2)cc1. The van der Waals surface area contributed by atoms with Crippen molar-refractivity contribution in [2.45, 2.75) is 51.5 Å². The minimum absolute atomic E-state index is 0.0127. The number of fused-ring (bicyclic) bond motifs is 1. The van der Waals surface area contributed by atoms with Gasteiger partial charge >= 0.3 is 0 Å². The smallest absolute Gasteiger partial charge is 0.267 e. The Morgan fingerprint density at radius 1 is 1.06 bits per heavy atom. The molecule has 2 aliphatic rings. The first-order valence-corrected chi connectivity index (χ1v) is 13.0. The number of nitrogens with zero attached hydrogens (tertiary/aromatic N) is 2. The van der Waals surface area contributed by atoms with E-state index < -0.39 is 0 Å². The molecule has 0 bridgehead atoms. The topological polar surface area (TPSA) is 32.7 Å². The number of amides is 1. The largest absolute Gasteiger partial charge is 0.274 e. The molecule has 0 N–H and O–H groups in total. The third-order valence-electron chi connectivity index (χ3n) is 6.40. The van der Waals surface area contributed by atoms with Gasteiger partial charge in [0.25, 0.3) is 5.91 Å². The Morgan fingerprint density at radius 2 is 1.81 bits per heavy atom. The molecule has 0 radical (unpaired) electrons. The number of hydrogen-bond acceptors (Lipinski definition) is 4. The average Bonchev–Trinajstić information content (AvgIpc) is 3.53. The maximum atomic E-state index is 13.7. The lowest BCUT2D eigenvalue weighted by molar-refractivity contribution is 0.0684. The Labute approximate surface area is 198 Å². The number of allylic oxidation sites excluding steroid dienone is 1. The van der Waals surface area contributed by atoms with Gasteiger partial charge in [0, 0.05) is 21.2 Å². The fourth-order valence-electron chi connectivity index (χ4n) is 4.70. The van der Waals surface area contributed by atoms with Gasteiger partial charge < -0.3 is 0 Å². The van der Waals surface area contributed by atoms with Crippen molar-refractivity contribution < 1.29 is 4.79 Å². The molecule has 2 aromatic heterocycles. The summed E-state index contributed by atoms with van der Waals surface area (Å²) in [6, 6.07) is 16.5. The maximum absolute atomic E-state index is 13.7. The van der Waals surface area contributed by atoms with E-state index in [2.05, 4.69) is 74.0 Å². The minimum atomic E-state index is -0.0215. The van der Waals surface area contributed by atoms with Crippen molar-refractivity contribution in [2.75, 3.05) is 0 Å². The number of carbonyl (C=O) groups excluding carboxylic acids is 1. The highest BCUT2D eigenvalue weighted by molar-refractivity contribution is 7.11. The molecular weight excluding hydrogens is 432 g/mol. The summed E-state index contributed by atoms with van der Waals surface area (Å²) in [6.07, 6.45) is 5.49. The van der Waals surface area contributed by atoms with Crippen LogP contribution in [-0.2, 0) is 5.41 Å². The van der Waals surface area contributed by atoms with E-state index in [4.69, 9.17) is 5.10 Å². The van der Waals surface area contributed by atoms with Gasteiger partial charge in [0.05, 0.1) is 11.8 Å². The van der Waals surface area contributed by atoms with Gasteiger partial charge in [-0.25, -0.2) is 5.01 Å². The number of carbonyl (C=O) groups is 1. The van der Waals surface area contributed by atoms with Crippen LogP contribution in [0.4, 0.5) is 0 Å². The second-order valence-corrected chi connectivity index (χ2v) is 11.6. The van der Waals surface area contributed by atoms with Crippen LogP contribution in [0.15, 0.2) is 70.0 Å². The summed E-state index contributed by atoms with van der Waals surface area (Å²) in [6.45, 7) is 6.57. The van der Waals surface area contributed by atoms with Crippen LogP contribution in [0.5, 0.6) is 0 Å². The summed E-state index contributed by atoms with van der Waals surface area (Å²) in [5.74, 6) is 0.243. The summed E-state index contributed by atoms with van der Waals surface area (Å²) >= 11 is 3.47. The molecule has 3 aromatic rings. The van der Waals surface area contributed by atoms with Crippen LogP contribution in [0.3, 0.4) is 0 Å². The molecule has 0 saturated heterocycles. The Kier molecular flexibility index (Phi) is 5.64. The lowest BCUT2D eigenvalue weighted by Gasteiger charge is -2.28. The molecule has 1 aliphatic carbocycles. The molecule has 5 heteroatoms.